The minimum Gasteiger partial charge on any atom is -0.210 e. The van der Waals surface area contributed by atoms with Gasteiger partial charge in [0.05, 0.1) is 5.41 Å². The Hall–Kier alpha value is -0.990. The van der Waals surface area contributed by atoms with Gasteiger partial charge >= 0.3 is 0 Å². The van der Waals surface area contributed by atoms with E-state index in [1.807, 2.05) is 0 Å². The Morgan fingerprint density at radius 3 is 2.33 bits per heavy atom. The van der Waals surface area contributed by atoms with Gasteiger partial charge in [-0.15, -0.1) is 0 Å². The van der Waals surface area contributed by atoms with E-state index in [0.717, 1.165) is 12.8 Å². The largest absolute Gasteiger partial charge is 0.248 e. The Morgan fingerprint density at radius 2 is 1.80 bits per heavy atom. The molecule has 15 heavy (non-hydrogen) atoms. The monoisotopic (exact) mass is 214 g/mol. The zero-order valence-electron chi connectivity index (χ0n) is 8.35. The predicted molar refractivity (Wildman–Crippen MR) is 52.6 cm³/mol. The van der Waals surface area contributed by atoms with Crippen LogP contribution >= 0.6 is 0 Å². The summed E-state index contributed by atoms with van der Waals surface area (Å²) in [6.45, 7) is 0. The first-order valence-electron chi connectivity index (χ1n) is 5.19. The van der Waals surface area contributed by atoms with Crippen molar-refractivity contribution in [2.45, 2.75) is 37.5 Å². The number of rotatable bonds is 2. The van der Waals surface area contributed by atoms with Gasteiger partial charge in [-0.1, -0.05) is 25.0 Å². The van der Waals surface area contributed by atoms with Crippen molar-refractivity contribution >= 4 is 0 Å². The summed E-state index contributed by atoms with van der Waals surface area (Å²) in [6, 6.07) is 5.66. The topological polar surface area (TPSA) is 0 Å². The van der Waals surface area contributed by atoms with Gasteiger partial charge < -0.3 is 0 Å². The summed E-state index contributed by atoms with van der Waals surface area (Å²) < 4.78 is 39.2. The van der Waals surface area contributed by atoms with Gasteiger partial charge in [0.15, 0.2) is 0 Å². The van der Waals surface area contributed by atoms with Crippen LogP contribution in [0.4, 0.5) is 13.2 Å². The minimum atomic E-state index is -2.40. The van der Waals surface area contributed by atoms with E-state index in [1.165, 1.54) is 18.2 Å². The minimum absolute atomic E-state index is 0.431. The van der Waals surface area contributed by atoms with Crippen LogP contribution < -0.4 is 0 Å². The molecule has 0 saturated heterocycles. The Morgan fingerprint density at radius 1 is 1.13 bits per heavy atom. The molecule has 1 fully saturated rings. The zero-order chi connectivity index (χ0) is 10.9. The number of alkyl halides is 2. The maximum atomic E-state index is 13.1. The van der Waals surface area contributed by atoms with Crippen LogP contribution in [0.2, 0.25) is 0 Å². The molecular formula is C12H13F3. The van der Waals surface area contributed by atoms with E-state index in [1.54, 1.807) is 6.07 Å². The second kappa shape index (κ2) is 3.87. The molecule has 0 unspecified atom stereocenters. The fourth-order valence-corrected chi connectivity index (χ4v) is 2.44. The molecule has 1 aromatic carbocycles. The fraction of sp³-hybridized carbons (Fsp3) is 0.500. The van der Waals surface area contributed by atoms with Gasteiger partial charge in [-0.2, -0.15) is 0 Å². The standard InChI is InChI=1S/C12H13F3/c13-10-5-3-4-9(8-10)12(11(14)15)6-1-2-7-12/h3-5,8,11H,1-2,6-7H2. The maximum absolute atomic E-state index is 13.1. The van der Waals surface area contributed by atoms with E-state index < -0.39 is 17.7 Å². The average Bonchev–Trinajstić information content (AvgIpc) is 2.67. The van der Waals surface area contributed by atoms with Crippen LogP contribution in [0, 0.1) is 5.82 Å². The van der Waals surface area contributed by atoms with E-state index >= 15 is 0 Å². The summed E-state index contributed by atoms with van der Waals surface area (Å²) in [5.74, 6) is -0.431. The molecule has 0 heterocycles. The molecule has 0 amide bonds. The second-order valence-electron chi connectivity index (χ2n) is 4.17. The maximum Gasteiger partial charge on any atom is 0.248 e. The zero-order valence-corrected chi connectivity index (χ0v) is 8.35. The molecule has 0 atom stereocenters. The lowest BCUT2D eigenvalue weighted by molar-refractivity contribution is 0.0520. The van der Waals surface area contributed by atoms with Gasteiger partial charge in [0.25, 0.3) is 0 Å². The summed E-state index contributed by atoms with van der Waals surface area (Å²) in [4.78, 5) is 0. The molecular weight excluding hydrogens is 201 g/mol. The van der Waals surface area contributed by atoms with E-state index in [9.17, 15) is 13.2 Å². The molecule has 2 rings (SSSR count). The van der Waals surface area contributed by atoms with E-state index in [2.05, 4.69) is 0 Å². The molecule has 82 valence electrons. The van der Waals surface area contributed by atoms with Gasteiger partial charge in [-0.05, 0) is 30.5 Å². The molecule has 0 bridgehead atoms. The van der Waals surface area contributed by atoms with Gasteiger partial charge in [-0.3, -0.25) is 0 Å². The molecule has 0 spiro atoms. The lowest BCUT2D eigenvalue weighted by Crippen LogP contribution is -2.31. The normalized spacial score (nSPS) is 19.7. The van der Waals surface area contributed by atoms with Crippen molar-refractivity contribution in [1.82, 2.24) is 0 Å². The van der Waals surface area contributed by atoms with Gasteiger partial charge in [-0.25, -0.2) is 13.2 Å². The van der Waals surface area contributed by atoms with Gasteiger partial charge in [0.2, 0.25) is 6.43 Å². The molecule has 1 aromatic rings. The van der Waals surface area contributed by atoms with Crippen LogP contribution in [-0.4, -0.2) is 6.43 Å². The highest BCUT2D eigenvalue weighted by atomic mass is 19.3. The average molecular weight is 214 g/mol. The number of benzene rings is 1. The molecule has 0 aromatic heterocycles. The number of hydrogen-bond acceptors (Lipinski definition) is 0. The highest BCUT2D eigenvalue weighted by Crippen LogP contribution is 2.45. The third kappa shape index (κ3) is 1.75. The molecule has 0 aliphatic heterocycles. The molecule has 1 aliphatic carbocycles. The molecule has 1 saturated carbocycles. The quantitative estimate of drug-likeness (QED) is 0.700. The SMILES string of the molecule is Fc1cccc(C2(C(F)F)CCCC2)c1. The van der Waals surface area contributed by atoms with Crippen molar-refractivity contribution in [3.8, 4) is 0 Å². The first kappa shape index (κ1) is 10.5. The molecule has 3 heteroatoms. The van der Waals surface area contributed by atoms with E-state index in [-0.39, 0.29) is 0 Å². The molecule has 0 radical (unpaired) electrons. The van der Waals surface area contributed by atoms with Crippen molar-refractivity contribution in [1.29, 1.82) is 0 Å². The van der Waals surface area contributed by atoms with Crippen LogP contribution in [0.15, 0.2) is 24.3 Å². The summed E-state index contributed by atoms with van der Waals surface area (Å²) in [5, 5.41) is 0. The summed E-state index contributed by atoms with van der Waals surface area (Å²) >= 11 is 0. The Kier molecular flexibility index (Phi) is 2.72. The van der Waals surface area contributed by atoms with Crippen molar-refractivity contribution in [3.63, 3.8) is 0 Å². The molecule has 0 N–H and O–H groups in total. The smallest absolute Gasteiger partial charge is 0.210 e. The van der Waals surface area contributed by atoms with Crippen LogP contribution in [-0.2, 0) is 5.41 Å². The first-order valence-corrected chi connectivity index (χ1v) is 5.19. The van der Waals surface area contributed by atoms with Crippen molar-refractivity contribution in [3.05, 3.63) is 35.6 Å². The highest BCUT2D eigenvalue weighted by molar-refractivity contribution is 5.28. The Labute approximate surface area is 87.1 Å². The third-order valence-corrected chi connectivity index (χ3v) is 3.31. The summed E-state index contributed by atoms with van der Waals surface area (Å²) in [7, 11) is 0. The van der Waals surface area contributed by atoms with Crippen molar-refractivity contribution in [2.75, 3.05) is 0 Å². The summed E-state index contributed by atoms with van der Waals surface area (Å²) in [6.07, 6.45) is 0.144. The predicted octanol–water partition coefficient (Wildman–Crippen LogP) is 3.90. The lowest BCUT2D eigenvalue weighted by atomic mass is 9.79. The Bertz CT molecular complexity index is 340. The molecule has 1 aliphatic rings. The van der Waals surface area contributed by atoms with Crippen molar-refractivity contribution in [2.24, 2.45) is 0 Å². The second-order valence-corrected chi connectivity index (χ2v) is 4.17. The van der Waals surface area contributed by atoms with E-state index in [0.29, 0.717) is 18.4 Å². The summed E-state index contributed by atoms with van der Waals surface area (Å²) in [5.41, 5.74) is -0.641. The van der Waals surface area contributed by atoms with Crippen LogP contribution in [0.3, 0.4) is 0 Å². The first-order chi connectivity index (χ1) is 7.15. The van der Waals surface area contributed by atoms with E-state index in [4.69, 9.17) is 0 Å². The number of halogens is 3. The third-order valence-electron chi connectivity index (χ3n) is 3.31. The van der Waals surface area contributed by atoms with Crippen molar-refractivity contribution < 1.29 is 13.2 Å². The van der Waals surface area contributed by atoms with Gasteiger partial charge in [0, 0.05) is 0 Å². The fourth-order valence-electron chi connectivity index (χ4n) is 2.44. The van der Waals surface area contributed by atoms with Crippen LogP contribution in [0.5, 0.6) is 0 Å². The Balaban J connectivity index is 2.41. The highest BCUT2D eigenvalue weighted by Gasteiger charge is 2.43. The number of hydrogen-bond donors (Lipinski definition) is 0. The van der Waals surface area contributed by atoms with Gasteiger partial charge in [0.1, 0.15) is 5.82 Å². The van der Waals surface area contributed by atoms with Crippen LogP contribution in [0.1, 0.15) is 31.2 Å². The van der Waals surface area contributed by atoms with Crippen LogP contribution in [0.25, 0.3) is 0 Å². The molecule has 0 nitrogen and oxygen atoms in total. The lowest BCUT2D eigenvalue weighted by Gasteiger charge is -2.28.